The Morgan fingerprint density at radius 2 is 2.27 bits per heavy atom. The summed E-state index contributed by atoms with van der Waals surface area (Å²) < 4.78 is 0. The van der Waals surface area contributed by atoms with Crippen LogP contribution in [0.3, 0.4) is 0 Å². The molecule has 0 amide bonds. The lowest BCUT2D eigenvalue weighted by Crippen LogP contribution is -2.42. The van der Waals surface area contributed by atoms with E-state index in [0.29, 0.717) is 6.04 Å². The van der Waals surface area contributed by atoms with Crippen LogP contribution in [0.2, 0.25) is 0 Å². The molecule has 3 heteroatoms. The van der Waals surface area contributed by atoms with Gasteiger partial charge in [-0.2, -0.15) is 0 Å². The summed E-state index contributed by atoms with van der Waals surface area (Å²) in [4.78, 5) is 4.95. The zero-order chi connectivity index (χ0) is 11.3. The molecule has 1 saturated heterocycles. The van der Waals surface area contributed by atoms with Crippen molar-refractivity contribution in [3.8, 4) is 0 Å². The van der Waals surface area contributed by atoms with E-state index < -0.39 is 0 Å². The minimum Gasteiger partial charge on any atom is -0.313 e. The summed E-state index contributed by atoms with van der Waals surface area (Å²) >= 11 is 0. The molecule has 1 rings (SSSR count). The van der Waals surface area contributed by atoms with Crippen LogP contribution in [0, 0.1) is 0 Å². The van der Waals surface area contributed by atoms with E-state index in [-0.39, 0.29) is 0 Å². The van der Waals surface area contributed by atoms with E-state index in [1.54, 1.807) is 0 Å². The highest BCUT2D eigenvalue weighted by atomic mass is 15.2. The maximum absolute atomic E-state index is 3.46. The van der Waals surface area contributed by atoms with Crippen molar-refractivity contribution in [3.63, 3.8) is 0 Å². The molecular weight excluding hydrogens is 186 g/mol. The summed E-state index contributed by atoms with van der Waals surface area (Å²) in [5, 5.41) is 3.46. The quantitative estimate of drug-likeness (QED) is 0.710. The Bertz CT molecular complexity index is 172. The van der Waals surface area contributed by atoms with E-state index in [1.807, 2.05) is 0 Å². The Kier molecular flexibility index (Phi) is 5.58. The topological polar surface area (TPSA) is 18.5 Å². The molecule has 2 atom stereocenters. The van der Waals surface area contributed by atoms with Crippen LogP contribution in [0.15, 0.2) is 0 Å². The molecule has 2 unspecified atom stereocenters. The largest absolute Gasteiger partial charge is 0.313 e. The smallest absolute Gasteiger partial charge is 0.0220 e. The van der Waals surface area contributed by atoms with E-state index in [1.165, 1.54) is 25.9 Å². The fourth-order valence-corrected chi connectivity index (χ4v) is 2.52. The minimum atomic E-state index is 0.603. The molecule has 1 heterocycles. The van der Waals surface area contributed by atoms with Crippen LogP contribution >= 0.6 is 0 Å². The Morgan fingerprint density at radius 1 is 1.53 bits per heavy atom. The van der Waals surface area contributed by atoms with Gasteiger partial charge in [-0.05, 0) is 47.0 Å². The molecule has 0 aromatic heterocycles. The number of nitrogens with one attached hydrogen (secondary N) is 1. The molecule has 90 valence electrons. The lowest BCUT2D eigenvalue weighted by Gasteiger charge is -2.27. The van der Waals surface area contributed by atoms with Gasteiger partial charge in [0, 0.05) is 25.2 Å². The lowest BCUT2D eigenvalue weighted by molar-refractivity contribution is 0.209. The minimum absolute atomic E-state index is 0.603. The third-order valence-electron chi connectivity index (χ3n) is 3.33. The first kappa shape index (κ1) is 12.9. The fourth-order valence-electron chi connectivity index (χ4n) is 2.52. The first-order chi connectivity index (χ1) is 7.13. The third-order valence-corrected chi connectivity index (χ3v) is 3.33. The Labute approximate surface area is 94.8 Å². The zero-order valence-corrected chi connectivity index (χ0v) is 10.8. The van der Waals surface area contributed by atoms with Gasteiger partial charge in [-0.25, -0.2) is 0 Å². The maximum Gasteiger partial charge on any atom is 0.0220 e. The Hall–Kier alpha value is -0.120. The van der Waals surface area contributed by atoms with Gasteiger partial charge >= 0.3 is 0 Å². The molecule has 15 heavy (non-hydrogen) atoms. The van der Waals surface area contributed by atoms with Crippen LogP contribution in [0.4, 0.5) is 0 Å². The van der Waals surface area contributed by atoms with E-state index >= 15 is 0 Å². The summed E-state index contributed by atoms with van der Waals surface area (Å²) in [7, 11) is 4.49. The lowest BCUT2D eigenvalue weighted by atomic mass is 10.2. The summed E-state index contributed by atoms with van der Waals surface area (Å²) in [5.74, 6) is 0. The number of hydrogen-bond acceptors (Lipinski definition) is 3. The molecule has 0 spiro atoms. The molecule has 0 aromatic rings. The van der Waals surface area contributed by atoms with Crippen molar-refractivity contribution in [1.82, 2.24) is 15.1 Å². The second-order valence-electron chi connectivity index (χ2n) is 4.96. The number of hydrogen-bond donors (Lipinski definition) is 1. The Morgan fingerprint density at radius 3 is 2.80 bits per heavy atom. The molecule has 1 fully saturated rings. The van der Waals surface area contributed by atoms with Crippen molar-refractivity contribution < 1.29 is 0 Å². The van der Waals surface area contributed by atoms with Crippen molar-refractivity contribution in [1.29, 1.82) is 0 Å². The van der Waals surface area contributed by atoms with Gasteiger partial charge in [0.1, 0.15) is 0 Å². The number of rotatable bonds is 6. The molecule has 0 aliphatic carbocycles. The highest BCUT2D eigenvalue weighted by Gasteiger charge is 2.22. The zero-order valence-electron chi connectivity index (χ0n) is 10.8. The highest BCUT2D eigenvalue weighted by molar-refractivity contribution is 4.79. The van der Waals surface area contributed by atoms with E-state index in [0.717, 1.165) is 19.1 Å². The Balaban J connectivity index is 2.19. The highest BCUT2D eigenvalue weighted by Crippen LogP contribution is 2.15. The average molecular weight is 213 g/mol. The van der Waals surface area contributed by atoms with Gasteiger partial charge in [-0.1, -0.05) is 6.92 Å². The molecule has 1 aliphatic rings. The second kappa shape index (κ2) is 6.46. The molecule has 0 aromatic carbocycles. The first-order valence-corrected chi connectivity index (χ1v) is 6.25. The van der Waals surface area contributed by atoms with Gasteiger partial charge in [0.25, 0.3) is 0 Å². The number of likely N-dealkylation sites (tertiary alicyclic amines) is 1. The predicted molar refractivity (Wildman–Crippen MR) is 66.3 cm³/mol. The molecule has 1 N–H and O–H groups in total. The molecule has 0 saturated carbocycles. The second-order valence-corrected chi connectivity index (χ2v) is 4.96. The van der Waals surface area contributed by atoms with Gasteiger partial charge in [-0.15, -0.1) is 0 Å². The van der Waals surface area contributed by atoms with E-state index in [9.17, 15) is 0 Å². The molecule has 0 bridgehead atoms. The van der Waals surface area contributed by atoms with Crippen LogP contribution in [-0.2, 0) is 0 Å². The van der Waals surface area contributed by atoms with Crippen LogP contribution in [0.1, 0.15) is 26.7 Å². The number of likely N-dealkylation sites (N-methyl/N-ethyl adjacent to an activating group) is 3. The van der Waals surface area contributed by atoms with Crippen molar-refractivity contribution in [3.05, 3.63) is 0 Å². The molecular formula is C12H27N3. The van der Waals surface area contributed by atoms with Gasteiger partial charge in [-0.3, -0.25) is 0 Å². The van der Waals surface area contributed by atoms with Crippen LogP contribution < -0.4 is 5.32 Å². The SMILES string of the molecule is CCNC(C)CN(C)CC1CCCN1C. The predicted octanol–water partition coefficient (Wildman–Crippen LogP) is 1.01. The fraction of sp³-hybridized carbons (Fsp3) is 1.00. The van der Waals surface area contributed by atoms with Crippen molar-refractivity contribution in [2.24, 2.45) is 0 Å². The normalized spacial score (nSPS) is 25.0. The molecule has 3 nitrogen and oxygen atoms in total. The van der Waals surface area contributed by atoms with Crippen molar-refractivity contribution >= 4 is 0 Å². The van der Waals surface area contributed by atoms with E-state index in [4.69, 9.17) is 0 Å². The van der Waals surface area contributed by atoms with Crippen molar-refractivity contribution in [2.45, 2.75) is 38.8 Å². The maximum atomic E-state index is 3.46. The van der Waals surface area contributed by atoms with Gasteiger partial charge in [0.15, 0.2) is 0 Å². The van der Waals surface area contributed by atoms with Gasteiger partial charge in [0.2, 0.25) is 0 Å². The average Bonchev–Trinajstić information content (AvgIpc) is 2.52. The first-order valence-electron chi connectivity index (χ1n) is 6.25. The summed E-state index contributed by atoms with van der Waals surface area (Å²) in [6.45, 7) is 9.14. The van der Waals surface area contributed by atoms with Gasteiger partial charge < -0.3 is 15.1 Å². The van der Waals surface area contributed by atoms with Crippen LogP contribution in [0.25, 0.3) is 0 Å². The molecule has 0 radical (unpaired) electrons. The summed E-state index contributed by atoms with van der Waals surface area (Å²) in [6, 6.07) is 1.38. The summed E-state index contributed by atoms with van der Waals surface area (Å²) in [6.07, 6.45) is 2.74. The van der Waals surface area contributed by atoms with E-state index in [2.05, 4.69) is 43.1 Å². The molecule has 1 aliphatic heterocycles. The van der Waals surface area contributed by atoms with Crippen LogP contribution in [-0.4, -0.2) is 62.2 Å². The van der Waals surface area contributed by atoms with Crippen molar-refractivity contribution in [2.75, 3.05) is 40.3 Å². The number of nitrogens with zero attached hydrogens (tertiary/aromatic N) is 2. The standard InChI is InChI=1S/C12H27N3/c1-5-13-11(2)9-14(3)10-12-7-6-8-15(12)4/h11-13H,5-10H2,1-4H3. The monoisotopic (exact) mass is 213 g/mol. The van der Waals surface area contributed by atoms with Crippen LogP contribution in [0.5, 0.6) is 0 Å². The summed E-state index contributed by atoms with van der Waals surface area (Å²) in [5.41, 5.74) is 0. The van der Waals surface area contributed by atoms with Gasteiger partial charge in [0.05, 0.1) is 0 Å². The third kappa shape index (κ3) is 4.49.